The van der Waals surface area contributed by atoms with Gasteiger partial charge in [0.2, 0.25) is 0 Å². The first kappa shape index (κ1) is 18.0. The van der Waals surface area contributed by atoms with Crippen molar-refractivity contribution in [3.8, 4) is 0 Å². The van der Waals surface area contributed by atoms with E-state index in [0.29, 0.717) is 11.4 Å². The van der Waals surface area contributed by atoms with E-state index in [2.05, 4.69) is 5.16 Å². The number of fused-ring (bicyclic) bond motifs is 1. The average molecular weight is 368 g/mol. The average Bonchev–Trinajstić information content (AvgIpc) is 2.69. The van der Waals surface area contributed by atoms with Crippen LogP contribution in [-0.2, 0) is 22.6 Å². The predicted octanol–water partition coefficient (Wildman–Crippen LogP) is 5.00. The van der Waals surface area contributed by atoms with E-state index < -0.39 is 5.97 Å². The molecule has 3 rings (SSSR count). The highest BCUT2D eigenvalue weighted by Crippen LogP contribution is 2.28. The molecule has 0 saturated carbocycles. The van der Waals surface area contributed by atoms with Crippen LogP contribution in [0.5, 0.6) is 0 Å². The summed E-state index contributed by atoms with van der Waals surface area (Å²) in [6.45, 7) is 0.134. The summed E-state index contributed by atoms with van der Waals surface area (Å²) in [6.07, 6.45) is 0.714. The molecule has 0 aromatic heterocycles. The topological polar surface area (TPSA) is 58.9 Å². The number of nitrogens with zero attached hydrogens (tertiary/aromatic N) is 1. The molecule has 3 aromatic carbocycles. The number of ether oxygens (including phenoxy) is 1. The highest BCUT2D eigenvalue weighted by molar-refractivity contribution is 6.37. The van der Waals surface area contributed by atoms with Crippen LogP contribution in [-0.4, -0.2) is 16.9 Å². The number of carbonyl (C=O) groups excluding carboxylic acids is 1. The third kappa shape index (κ3) is 4.21. The Kier molecular flexibility index (Phi) is 5.87. The molecule has 0 spiro atoms. The molecule has 0 atom stereocenters. The van der Waals surface area contributed by atoms with Gasteiger partial charge in [0.1, 0.15) is 6.61 Å². The Morgan fingerprint density at radius 2 is 1.73 bits per heavy atom. The maximum atomic E-state index is 12.1. The van der Waals surface area contributed by atoms with Crippen molar-refractivity contribution < 1.29 is 14.7 Å². The van der Waals surface area contributed by atoms with E-state index in [1.54, 1.807) is 0 Å². The summed E-state index contributed by atoms with van der Waals surface area (Å²) < 4.78 is 5.21. The number of hydrogen-bond acceptors (Lipinski definition) is 4. The lowest BCUT2D eigenvalue weighted by atomic mass is 10.0. The van der Waals surface area contributed by atoms with Gasteiger partial charge in [-0.3, -0.25) is 0 Å². The summed E-state index contributed by atoms with van der Waals surface area (Å²) in [7, 11) is 0. The Hall–Kier alpha value is -2.85. The van der Waals surface area contributed by atoms with Gasteiger partial charge in [-0.05, 0) is 22.9 Å². The van der Waals surface area contributed by atoms with E-state index in [-0.39, 0.29) is 18.7 Å². The van der Waals surface area contributed by atoms with Crippen LogP contribution in [0.25, 0.3) is 10.8 Å². The molecule has 4 nitrogen and oxygen atoms in total. The Morgan fingerprint density at radius 1 is 1.00 bits per heavy atom. The standard InChI is InChI=1S/C21H18ClNO3/c22-20-17(11-10-16-8-4-5-9-18(16)20)12-13-19(23-25)21(24)26-14-15-6-2-1-3-7-15/h1-11,25H,12-14H2. The maximum absolute atomic E-state index is 12.1. The fraction of sp³-hybridized carbons (Fsp3) is 0.143. The van der Waals surface area contributed by atoms with Gasteiger partial charge >= 0.3 is 5.97 Å². The zero-order valence-corrected chi connectivity index (χ0v) is 14.8. The van der Waals surface area contributed by atoms with Gasteiger partial charge in [0.05, 0.1) is 5.02 Å². The summed E-state index contributed by atoms with van der Waals surface area (Å²) in [4.78, 5) is 12.1. The van der Waals surface area contributed by atoms with Crippen LogP contribution in [0.3, 0.4) is 0 Å². The minimum Gasteiger partial charge on any atom is -0.456 e. The molecular weight excluding hydrogens is 350 g/mol. The summed E-state index contributed by atoms with van der Waals surface area (Å²) in [5.74, 6) is -0.631. The molecule has 0 aliphatic carbocycles. The van der Waals surface area contributed by atoms with E-state index in [1.807, 2.05) is 66.7 Å². The first-order valence-electron chi connectivity index (χ1n) is 8.27. The number of hydrogen-bond donors (Lipinski definition) is 1. The third-order valence-corrected chi connectivity index (χ3v) is 4.59. The number of rotatable bonds is 6. The van der Waals surface area contributed by atoms with Crippen LogP contribution in [0.4, 0.5) is 0 Å². The van der Waals surface area contributed by atoms with Crippen LogP contribution in [0, 0.1) is 0 Å². The molecule has 0 aliphatic heterocycles. The first-order chi connectivity index (χ1) is 12.7. The third-order valence-electron chi connectivity index (χ3n) is 4.14. The Morgan fingerprint density at radius 3 is 2.50 bits per heavy atom. The summed E-state index contributed by atoms with van der Waals surface area (Å²) in [5.41, 5.74) is 1.74. The molecule has 0 amide bonds. The normalized spacial score (nSPS) is 11.5. The van der Waals surface area contributed by atoms with E-state index in [9.17, 15) is 4.79 Å². The number of halogens is 1. The smallest absolute Gasteiger partial charge is 0.356 e. The van der Waals surface area contributed by atoms with Crippen LogP contribution in [0.2, 0.25) is 5.02 Å². The van der Waals surface area contributed by atoms with Crippen molar-refractivity contribution in [1.29, 1.82) is 0 Å². The molecule has 132 valence electrons. The second-order valence-corrected chi connectivity index (χ2v) is 6.25. The minimum atomic E-state index is -0.631. The van der Waals surface area contributed by atoms with Crippen LogP contribution in [0.15, 0.2) is 71.9 Å². The van der Waals surface area contributed by atoms with Crippen molar-refractivity contribution >= 4 is 34.1 Å². The lowest BCUT2D eigenvalue weighted by molar-refractivity contribution is -0.137. The summed E-state index contributed by atoms with van der Waals surface area (Å²) in [5, 5.41) is 14.9. The van der Waals surface area contributed by atoms with E-state index >= 15 is 0 Å². The van der Waals surface area contributed by atoms with Crippen LogP contribution >= 0.6 is 11.6 Å². The van der Waals surface area contributed by atoms with Gasteiger partial charge in [-0.15, -0.1) is 0 Å². The van der Waals surface area contributed by atoms with Crippen LogP contribution < -0.4 is 0 Å². The van der Waals surface area contributed by atoms with Crippen molar-refractivity contribution in [1.82, 2.24) is 0 Å². The van der Waals surface area contributed by atoms with Gasteiger partial charge in [0, 0.05) is 11.8 Å². The van der Waals surface area contributed by atoms with Gasteiger partial charge in [-0.25, -0.2) is 4.79 Å². The van der Waals surface area contributed by atoms with Gasteiger partial charge in [0.15, 0.2) is 5.71 Å². The Bertz CT molecular complexity index is 938. The molecule has 0 heterocycles. The van der Waals surface area contributed by atoms with Crippen molar-refractivity contribution in [2.75, 3.05) is 0 Å². The second kappa shape index (κ2) is 8.50. The number of benzene rings is 3. The SMILES string of the molecule is O=C(OCc1ccccc1)C(CCc1ccc2ccccc2c1Cl)=NO. The van der Waals surface area contributed by atoms with Gasteiger partial charge in [0.25, 0.3) is 0 Å². The molecule has 0 fully saturated rings. The van der Waals surface area contributed by atoms with Crippen molar-refractivity contribution in [2.24, 2.45) is 5.16 Å². The molecule has 0 aliphatic rings. The van der Waals surface area contributed by atoms with Crippen LogP contribution in [0.1, 0.15) is 17.5 Å². The Labute approximate surface area is 156 Å². The molecular formula is C21H18ClNO3. The lowest BCUT2D eigenvalue weighted by Crippen LogP contribution is -2.18. The van der Waals surface area contributed by atoms with Crippen molar-refractivity contribution in [2.45, 2.75) is 19.4 Å². The second-order valence-electron chi connectivity index (χ2n) is 5.87. The molecule has 1 N–H and O–H groups in total. The van der Waals surface area contributed by atoms with Gasteiger partial charge in [-0.1, -0.05) is 83.5 Å². The molecule has 26 heavy (non-hydrogen) atoms. The molecule has 0 unspecified atom stereocenters. The number of carbonyl (C=O) groups is 1. The van der Waals surface area contributed by atoms with Gasteiger partial charge in [-0.2, -0.15) is 0 Å². The molecule has 3 aromatic rings. The maximum Gasteiger partial charge on any atom is 0.356 e. The largest absolute Gasteiger partial charge is 0.456 e. The number of aryl methyl sites for hydroxylation is 1. The van der Waals surface area contributed by atoms with E-state index in [0.717, 1.165) is 21.9 Å². The highest BCUT2D eigenvalue weighted by atomic mass is 35.5. The molecule has 0 saturated heterocycles. The Balaban J connectivity index is 1.64. The fourth-order valence-corrected chi connectivity index (χ4v) is 3.05. The van der Waals surface area contributed by atoms with E-state index in [4.69, 9.17) is 21.5 Å². The number of oxime groups is 1. The zero-order valence-electron chi connectivity index (χ0n) is 14.1. The van der Waals surface area contributed by atoms with Gasteiger partial charge < -0.3 is 9.94 Å². The summed E-state index contributed by atoms with van der Waals surface area (Å²) in [6, 6.07) is 21.1. The molecule has 0 radical (unpaired) electrons. The minimum absolute atomic E-state index is 0.0230. The summed E-state index contributed by atoms with van der Waals surface area (Å²) >= 11 is 6.47. The van der Waals surface area contributed by atoms with Crippen molar-refractivity contribution in [3.63, 3.8) is 0 Å². The van der Waals surface area contributed by atoms with Crippen molar-refractivity contribution in [3.05, 3.63) is 82.9 Å². The first-order valence-corrected chi connectivity index (χ1v) is 8.65. The lowest BCUT2D eigenvalue weighted by Gasteiger charge is -2.09. The quantitative estimate of drug-likeness (QED) is 0.288. The fourth-order valence-electron chi connectivity index (χ4n) is 2.72. The number of esters is 1. The molecule has 0 bridgehead atoms. The highest BCUT2D eigenvalue weighted by Gasteiger charge is 2.15. The monoisotopic (exact) mass is 367 g/mol. The molecule has 5 heteroatoms. The van der Waals surface area contributed by atoms with E-state index in [1.165, 1.54) is 0 Å². The predicted molar refractivity (Wildman–Crippen MR) is 103 cm³/mol. The zero-order chi connectivity index (χ0) is 18.4.